The molecule has 38 heavy (non-hydrogen) atoms. The fraction of sp³-hybridized carbons (Fsp3) is 0.207. The minimum atomic E-state index is -0.908. The minimum absolute atomic E-state index is 0.151. The molecule has 9 heteroatoms. The molecule has 5 aromatic rings. The van der Waals surface area contributed by atoms with Crippen LogP contribution in [0.2, 0.25) is 0 Å². The van der Waals surface area contributed by atoms with Crippen LogP contribution in [0.3, 0.4) is 0 Å². The Morgan fingerprint density at radius 2 is 1.47 bits per heavy atom. The summed E-state index contributed by atoms with van der Waals surface area (Å²) in [4.78, 5) is 12.8. The zero-order chi connectivity index (χ0) is 26.1. The van der Waals surface area contributed by atoms with Gasteiger partial charge in [-0.1, -0.05) is 91.0 Å². The first-order valence-electron chi connectivity index (χ1n) is 12.4. The summed E-state index contributed by atoms with van der Waals surface area (Å²) in [5.41, 5.74) is 9.05. The lowest BCUT2D eigenvalue weighted by Gasteiger charge is -2.37. The molecule has 0 unspecified atom stereocenters. The highest BCUT2D eigenvalue weighted by Crippen LogP contribution is 2.42. The van der Waals surface area contributed by atoms with Crippen LogP contribution in [0.15, 0.2) is 102 Å². The van der Waals surface area contributed by atoms with Crippen LogP contribution < -0.4 is 5.73 Å². The van der Waals surface area contributed by atoms with Crippen LogP contribution in [0.1, 0.15) is 29.3 Å². The maximum atomic E-state index is 11.1. The second-order valence-electron chi connectivity index (χ2n) is 9.20. The monoisotopic (exact) mass is 571 g/mol. The van der Waals surface area contributed by atoms with Crippen LogP contribution in [-0.2, 0) is 15.1 Å². The first-order chi connectivity index (χ1) is 18.6. The Kier molecular flexibility index (Phi) is 6.67. The Morgan fingerprint density at radius 1 is 0.921 bits per heavy atom. The molecule has 1 fully saturated rings. The lowest BCUT2D eigenvalue weighted by molar-refractivity contribution is -0.0934. The van der Waals surface area contributed by atoms with E-state index in [1.165, 1.54) is 6.33 Å². The largest absolute Gasteiger partial charge is 0.390 e. The normalized spacial score (nSPS) is 19.7. The van der Waals surface area contributed by atoms with Crippen molar-refractivity contribution in [2.24, 2.45) is 0 Å². The zero-order valence-electron chi connectivity index (χ0n) is 20.4. The summed E-state index contributed by atoms with van der Waals surface area (Å²) < 4.78 is 15.5. The van der Waals surface area contributed by atoms with Crippen molar-refractivity contribution in [3.05, 3.63) is 119 Å². The molecule has 2 aromatic heterocycles. The Hall–Kier alpha value is -3.63. The molecule has 3 N–H and O–H groups in total. The van der Waals surface area contributed by atoms with Gasteiger partial charge in [-0.25, -0.2) is 15.0 Å². The smallest absolute Gasteiger partial charge is 0.181 e. The van der Waals surface area contributed by atoms with E-state index in [-0.39, 0.29) is 12.4 Å². The molecule has 1 aliphatic heterocycles. The van der Waals surface area contributed by atoms with E-state index in [2.05, 4.69) is 67.3 Å². The topological polar surface area (TPSA) is 108 Å². The Bertz CT molecular complexity index is 1440. The van der Waals surface area contributed by atoms with Gasteiger partial charge in [-0.15, -0.1) is 0 Å². The third kappa shape index (κ3) is 4.27. The van der Waals surface area contributed by atoms with Gasteiger partial charge < -0.3 is 20.3 Å². The molecule has 0 aliphatic carbocycles. The van der Waals surface area contributed by atoms with Gasteiger partial charge in [-0.05, 0) is 32.6 Å². The highest BCUT2D eigenvalue weighted by molar-refractivity contribution is 9.10. The molecule has 3 atom stereocenters. The molecule has 0 radical (unpaired) electrons. The summed E-state index contributed by atoms with van der Waals surface area (Å²) in [7, 11) is 0. The van der Waals surface area contributed by atoms with Crippen molar-refractivity contribution >= 4 is 32.9 Å². The van der Waals surface area contributed by atoms with Crippen molar-refractivity contribution in [1.29, 1.82) is 0 Å². The minimum Gasteiger partial charge on any atom is -0.390 e. The number of aliphatic hydroxyl groups excluding tert-OH is 1. The van der Waals surface area contributed by atoms with E-state index in [4.69, 9.17) is 15.2 Å². The fourth-order valence-electron chi connectivity index (χ4n) is 5.15. The van der Waals surface area contributed by atoms with Gasteiger partial charge in [0.05, 0.1) is 12.7 Å². The third-order valence-corrected chi connectivity index (χ3v) is 7.52. The predicted molar refractivity (Wildman–Crippen MR) is 147 cm³/mol. The Balaban J connectivity index is 1.35. The number of rotatable bonds is 7. The fourth-order valence-corrected chi connectivity index (χ4v) is 5.73. The van der Waals surface area contributed by atoms with E-state index in [9.17, 15) is 5.11 Å². The molecule has 1 saturated heterocycles. The quantitative estimate of drug-likeness (QED) is 0.213. The highest BCUT2D eigenvalue weighted by Gasteiger charge is 2.42. The number of aromatic nitrogens is 4. The van der Waals surface area contributed by atoms with E-state index in [1.54, 1.807) is 4.57 Å². The number of hydrogen-bond acceptors (Lipinski definition) is 7. The van der Waals surface area contributed by atoms with Crippen LogP contribution in [0.25, 0.3) is 11.2 Å². The number of ether oxygens (including phenoxy) is 2. The zero-order valence-corrected chi connectivity index (χ0v) is 22.0. The lowest BCUT2D eigenvalue weighted by atomic mass is 9.80. The van der Waals surface area contributed by atoms with E-state index < -0.39 is 24.0 Å². The predicted octanol–water partition coefficient (Wildman–Crippen LogP) is 4.83. The average molecular weight is 572 g/mol. The van der Waals surface area contributed by atoms with Crippen LogP contribution in [0.5, 0.6) is 0 Å². The number of anilines is 1. The van der Waals surface area contributed by atoms with E-state index in [0.717, 1.165) is 16.7 Å². The number of aliphatic hydroxyl groups is 1. The lowest BCUT2D eigenvalue weighted by Crippen LogP contribution is -2.38. The average Bonchev–Trinajstić information content (AvgIpc) is 3.50. The number of benzene rings is 3. The summed E-state index contributed by atoms with van der Waals surface area (Å²) in [5.74, 6) is 0.284. The second-order valence-corrected chi connectivity index (χ2v) is 9.91. The summed E-state index contributed by atoms with van der Waals surface area (Å²) >= 11 is 3.49. The molecule has 6 rings (SSSR count). The number of fused-ring (bicyclic) bond motifs is 1. The van der Waals surface area contributed by atoms with Gasteiger partial charge in [-0.3, -0.25) is 4.57 Å². The third-order valence-electron chi connectivity index (χ3n) is 6.96. The number of hydrogen-bond donors (Lipinski definition) is 2. The van der Waals surface area contributed by atoms with Crippen molar-refractivity contribution in [2.45, 2.75) is 30.5 Å². The molecule has 8 nitrogen and oxygen atoms in total. The summed E-state index contributed by atoms with van der Waals surface area (Å²) in [6.45, 7) is 0.151. The molecule has 3 aromatic carbocycles. The van der Waals surface area contributed by atoms with Gasteiger partial charge in [-0.2, -0.15) is 0 Å². The number of nitrogens with two attached hydrogens (primary N) is 1. The summed E-state index contributed by atoms with van der Waals surface area (Å²) in [5, 5.41) is 11.1. The number of halogens is 1. The first-order valence-corrected chi connectivity index (χ1v) is 13.1. The van der Waals surface area contributed by atoms with Crippen molar-refractivity contribution in [1.82, 2.24) is 19.5 Å². The first kappa shape index (κ1) is 24.7. The van der Waals surface area contributed by atoms with Gasteiger partial charge in [0, 0.05) is 6.42 Å². The van der Waals surface area contributed by atoms with Gasteiger partial charge in [0.25, 0.3) is 0 Å². The molecule has 192 valence electrons. The van der Waals surface area contributed by atoms with Crippen LogP contribution >= 0.6 is 15.9 Å². The van der Waals surface area contributed by atoms with E-state index in [1.807, 2.05) is 54.6 Å². The molecule has 1 aliphatic rings. The van der Waals surface area contributed by atoms with Crippen molar-refractivity contribution in [2.75, 3.05) is 12.3 Å². The molecule has 0 saturated carbocycles. The summed E-state index contributed by atoms with van der Waals surface area (Å²) in [6, 6.07) is 30.4. The maximum absolute atomic E-state index is 11.1. The van der Waals surface area contributed by atoms with Crippen molar-refractivity contribution in [3.63, 3.8) is 0 Å². The Morgan fingerprint density at radius 3 is 2.03 bits per heavy atom. The van der Waals surface area contributed by atoms with Gasteiger partial charge in [0.15, 0.2) is 21.7 Å². The van der Waals surface area contributed by atoms with Gasteiger partial charge >= 0.3 is 0 Å². The number of nitrogens with zero attached hydrogens (tertiary/aromatic N) is 4. The highest BCUT2D eigenvalue weighted by atomic mass is 79.9. The second kappa shape index (κ2) is 10.3. The van der Waals surface area contributed by atoms with Crippen LogP contribution in [-0.4, -0.2) is 43.4 Å². The summed E-state index contributed by atoms with van der Waals surface area (Å²) in [6.07, 6.45) is -0.117. The maximum Gasteiger partial charge on any atom is 0.181 e. The van der Waals surface area contributed by atoms with Crippen molar-refractivity contribution in [3.8, 4) is 0 Å². The molecule has 0 spiro atoms. The Labute approximate surface area is 228 Å². The molecule has 0 amide bonds. The van der Waals surface area contributed by atoms with Crippen LogP contribution in [0, 0.1) is 0 Å². The van der Waals surface area contributed by atoms with E-state index in [0.29, 0.717) is 22.3 Å². The number of imidazole rings is 1. The van der Waals surface area contributed by atoms with E-state index >= 15 is 0 Å². The number of nitrogen functional groups attached to an aromatic ring is 1. The van der Waals surface area contributed by atoms with Gasteiger partial charge in [0.1, 0.15) is 24.3 Å². The molecule has 0 bridgehead atoms. The standard InChI is InChI=1S/C29H26BrN5O3/c30-28-34-25-26(31)32-18-33-27(25)35(28)24-16-22(36)23(38-24)17-37-29(19-10-4-1-5-11-19,20-12-6-2-7-13-20)21-14-8-3-9-15-21/h1-15,18,22-24,36H,16-17H2,(H2,31,32,33)/t22-,23+,24+/m0/s1. The SMILES string of the molecule is Nc1ncnc2c1nc(Br)n2[C@H]1C[C@H](O)[C@@H](COC(c2ccccc2)(c2ccccc2)c2ccccc2)O1. The van der Waals surface area contributed by atoms with Crippen LogP contribution in [0.4, 0.5) is 5.82 Å². The molecular weight excluding hydrogens is 546 g/mol. The molecule has 3 heterocycles. The van der Waals surface area contributed by atoms with Crippen molar-refractivity contribution < 1.29 is 14.6 Å². The molecular formula is C29H26BrN5O3. The van der Waals surface area contributed by atoms with Gasteiger partial charge in [0.2, 0.25) is 0 Å².